The lowest BCUT2D eigenvalue weighted by Gasteiger charge is -2.04. The first-order valence-corrected chi connectivity index (χ1v) is 6.28. The maximum Gasteiger partial charge on any atom is 0.150 e. The summed E-state index contributed by atoms with van der Waals surface area (Å²) >= 11 is 3.52. The van der Waals surface area contributed by atoms with Gasteiger partial charge in [0.25, 0.3) is 0 Å². The Labute approximate surface area is 112 Å². The Bertz CT molecular complexity index is 708. The zero-order valence-electron chi connectivity index (χ0n) is 9.43. The van der Waals surface area contributed by atoms with Gasteiger partial charge in [-0.3, -0.25) is 4.98 Å². The van der Waals surface area contributed by atoms with Crippen LogP contribution in [0.4, 0.5) is 0 Å². The first-order valence-electron chi connectivity index (χ1n) is 5.49. The molecule has 1 aromatic carbocycles. The average Bonchev–Trinajstić information content (AvgIpc) is 2.88. The topological polar surface area (TPSA) is 64.9 Å². The van der Waals surface area contributed by atoms with Crippen molar-refractivity contribution in [3.8, 4) is 11.3 Å². The number of halogens is 1. The van der Waals surface area contributed by atoms with Crippen LogP contribution in [0.2, 0.25) is 0 Å². The normalized spacial score (nSPS) is 11.0. The fourth-order valence-electron chi connectivity index (χ4n) is 1.88. The third-order valence-electron chi connectivity index (χ3n) is 2.75. The number of benzene rings is 1. The summed E-state index contributed by atoms with van der Waals surface area (Å²) in [5.74, 6) is 0.664. The molecule has 0 aliphatic carbocycles. The molecule has 0 radical (unpaired) electrons. The SMILES string of the molecule is NCc1cc(-c2ccc(Br)c3cccnc23)no1. The van der Waals surface area contributed by atoms with Gasteiger partial charge in [0.1, 0.15) is 5.69 Å². The van der Waals surface area contributed by atoms with Gasteiger partial charge in [-0.25, -0.2) is 0 Å². The molecule has 5 heteroatoms. The van der Waals surface area contributed by atoms with Gasteiger partial charge in [0.05, 0.1) is 12.1 Å². The maximum atomic E-state index is 5.52. The molecular weight excluding hydrogens is 294 g/mol. The molecule has 0 unspecified atom stereocenters. The largest absolute Gasteiger partial charge is 0.359 e. The van der Waals surface area contributed by atoms with Crippen molar-refractivity contribution in [3.63, 3.8) is 0 Å². The van der Waals surface area contributed by atoms with Crippen LogP contribution in [0, 0.1) is 0 Å². The van der Waals surface area contributed by atoms with E-state index in [1.165, 1.54) is 0 Å². The first-order chi connectivity index (χ1) is 8.79. The Morgan fingerprint density at radius 1 is 1.28 bits per heavy atom. The summed E-state index contributed by atoms with van der Waals surface area (Å²) in [5, 5.41) is 5.08. The smallest absolute Gasteiger partial charge is 0.150 e. The molecule has 4 nitrogen and oxygen atoms in total. The number of fused-ring (bicyclic) bond motifs is 1. The summed E-state index contributed by atoms with van der Waals surface area (Å²) in [6.45, 7) is 0.342. The highest BCUT2D eigenvalue weighted by Crippen LogP contribution is 2.31. The van der Waals surface area contributed by atoms with E-state index in [1.807, 2.05) is 30.3 Å². The van der Waals surface area contributed by atoms with E-state index in [0.717, 1.165) is 26.6 Å². The Kier molecular flexibility index (Phi) is 2.85. The van der Waals surface area contributed by atoms with Crippen molar-refractivity contribution in [3.05, 3.63) is 46.8 Å². The number of hydrogen-bond donors (Lipinski definition) is 1. The van der Waals surface area contributed by atoms with Crippen LogP contribution in [-0.2, 0) is 6.54 Å². The second-order valence-corrected chi connectivity index (χ2v) is 4.73. The Morgan fingerprint density at radius 2 is 2.17 bits per heavy atom. The number of nitrogens with zero attached hydrogens (tertiary/aromatic N) is 2. The second kappa shape index (κ2) is 4.51. The van der Waals surface area contributed by atoms with Crippen molar-refractivity contribution in [1.82, 2.24) is 10.1 Å². The highest BCUT2D eigenvalue weighted by atomic mass is 79.9. The molecule has 0 atom stereocenters. The van der Waals surface area contributed by atoms with Crippen LogP contribution < -0.4 is 5.73 Å². The monoisotopic (exact) mass is 303 g/mol. The van der Waals surface area contributed by atoms with Gasteiger partial charge in [0.2, 0.25) is 0 Å². The number of pyridine rings is 1. The standard InChI is InChI=1S/C13H10BrN3O/c14-11-4-3-10(12-6-8(7-15)18-17-12)13-9(11)2-1-5-16-13/h1-6H,7,15H2. The van der Waals surface area contributed by atoms with E-state index >= 15 is 0 Å². The molecule has 90 valence electrons. The van der Waals surface area contributed by atoms with Gasteiger partial charge in [-0.05, 0) is 18.2 Å². The van der Waals surface area contributed by atoms with Crippen LogP contribution >= 0.6 is 15.9 Å². The van der Waals surface area contributed by atoms with Crippen LogP contribution in [0.1, 0.15) is 5.76 Å². The number of hydrogen-bond acceptors (Lipinski definition) is 4. The molecule has 2 heterocycles. The van der Waals surface area contributed by atoms with E-state index in [-0.39, 0.29) is 0 Å². The molecule has 0 fully saturated rings. The zero-order chi connectivity index (χ0) is 12.5. The molecule has 0 spiro atoms. The number of rotatable bonds is 2. The van der Waals surface area contributed by atoms with Gasteiger partial charge in [0.15, 0.2) is 5.76 Å². The van der Waals surface area contributed by atoms with Crippen LogP contribution in [0.25, 0.3) is 22.2 Å². The predicted molar refractivity (Wildman–Crippen MR) is 72.8 cm³/mol. The number of nitrogens with two attached hydrogens (primary N) is 1. The van der Waals surface area contributed by atoms with Crippen LogP contribution in [0.3, 0.4) is 0 Å². The van der Waals surface area contributed by atoms with Gasteiger partial charge in [-0.1, -0.05) is 27.2 Å². The van der Waals surface area contributed by atoms with Crippen LogP contribution in [-0.4, -0.2) is 10.1 Å². The van der Waals surface area contributed by atoms with E-state index in [2.05, 4.69) is 26.1 Å². The summed E-state index contributed by atoms with van der Waals surface area (Å²) < 4.78 is 6.14. The molecule has 0 bridgehead atoms. The van der Waals surface area contributed by atoms with Crippen molar-refractivity contribution in [2.24, 2.45) is 5.73 Å². The van der Waals surface area contributed by atoms with E-state index in [9.17, 15) is 0 Å². The van der Waals surface area contributed by atoms with Gasteiger partial charge in [-0.2, -0.15) is 0 Å². The van der Waals surface area contributed by atoms with Gasteiger partial charge >= 0.3 is 0 Å². The number of aromatic nitrogens is 2. The van der Waals surface area contributed by atoms with Gasteiger partial charge < -0.3 is 10.3 Å². The van der Waals surface area contributed by atoms with E-state index in [4.69, 9.17) is 10.3 Å². The first kappa shape index (κ1) is 11.4. The molecule has 0 aliphatic rings. The lowest BCUT2D eigenvalue weighted by Crippen LogP contribution is -1.92. The van der Waals surface area contributed by atoms with E-state index < -0.39 is 0 Å². The lowest BCUT2D eigenvalue weighted by atomic mass is 10.1. The molecule has 2 N–H and O–H groups in total. The summed E-state index contributed by atoms with van der Waals surface area (Å²) in [6.07, 6.45) is 1.77. The summed E-state index contributed by atoms with van der Waals surface area (Å²) in [5.41, 5.74) is 8.11. The second-order valence-electron chi connectivity index (χ2n) is 3.88. The molecule has 3 rings (SSSR count). The third kappa shape index (κ3) is 1.81. The van der Waals surface area contributed by atoms with Gasteiger partial charge in [0, 0.05) is 27.7 Å². The van der Waals surface area contributed by atoms with Crippen molar-refractivity contribution in [1.29, 1.82) is 0 Å². The molecular formula is C13H10BrN3O. The Morgan fingerprint density at radius 3 is 2.94 bits per heavy atom. The highest BCUT2D eigenvalue weighted by Gasteiger charge is 2.11. The van der Waals surface area contributed by atoms with Crippen molar-refractivity contribution in [2.75, 3.05) is 0 Å². The minimum Gasteiger partial charge on any atom is -0.359 e. The molecule has 3 aromatic rings. The van der Waals surface area contributed by atoms with Crippen molar-refractivity contribution in [2.45, 2.75) is 6.54 Å². The minimum absolute atomic E-state index is 0.342. The highest BCUT2D eigenvalue weighted by molar-refractivity contribution is 9.10. The Balaban J connectivity index is 2.26. The maximum absolute atomic E-state index is 5.52. The average molecular weight is 304 g/mol. The molecule has 0 saturated carbocycles. The summed E-state index contributed by atoms with van der Waals surface area (Å²) in [7, 11) is 0. The predicted octanol–water partition coefficient (Wildman–Crippen LogP) is 3.11. The van der Waals surface area contributed by atoms with Crippen molar-refractivity contribution < 1.29 is 4.52 Å². The lowest BCUT2D eigenvalue weighted by molar-refractivity contribution is 0.387. The zero-order valence-corrected chi connectivity index (χ0v) is 11.0. The van der Waals surface area contributed by atoms with Crippen LogP contribution in [0.15, 0.2) is 45.5 Å². The molecule has 0 aliphatic heterocycles. The van der Waals surface area contributed by atoms with Crippen molar-refractivity contribution >= 4 is 26.8 Å². The molecule has 2 aromatic heterocycles. The minimum atomic E-state index is 0.342. The van der Waals surface area contributed by atoms with E-state index in [1.54, 1.807) is 6.20 Å². The Hall–Kier alpha value is -1.72. The van der Waals surface area contributed by atoms with E-state index in [0.29, 0.717) is 12.3 Å². The molecule has 18 heavy (non-hydrogen) atoms. The fourth-order valence-corrected chi connectivity index (χ4v) is 2.33. The molecule has 0 saturated heterocycles. The third-order valence-corrected chi connectivity index (χ3v) is 3.44. The van der Waals surface area contributed by atoms with Gasteiger partial charge in [-0.15, -0.1) is 0 Å². The quantitative estimate of drug-likeness (QED) is 0.790. The van der Waals surface area contributed by atoms with Crippen LogP contribution in [0.5, 0.6) is 0 Å². The molecule has 0 amide bonds. The fraction of sp³-hybridized carbons (Fsp3) is 0.0769. The summed E-state index contributed by atoms with van der Waals surface area (Å²) in [4.78, 5) is 4.41. The summed E-state index contributed by atoms with van der Waals surface area (Å²) in [6, 6.07) is 9.72.